The maximum atomic E-state index is 11.5. The van der Waals surface area contributed by atoms with E-state index in [1.807, 2.05) is 19.1 Å². The van der Waals surface area contributed by atoms with Crippen molar-refractivity contribution in [2.75, 3.05) is 6.61 Å². The van der Waals surface area contributed by atoms with E-state index in [4.69, 9.17) is 13.9 Å². The van der Waals surface area contributed by atoms with Crippen LogP contribution in [0.3, 0.4) is 0 Å². The van der Waals surface area contributed by atoms with Gasteiger partial charge < -0.3 is 13.9 Å². The lowest BCUT2D eigenvalue weighted by Gasteiger charge is -2.42. The number of unbranched alkanes of at least 4 members (excludes halogenated alkanes) is 4. The van der Waals surface area contributed by atoms with Crippen molar-refractivity contribution in [2.24, 2.45) is 0 Å². The minimum Gasteiger partial charge on any atom is -0.488 e. The molecule has 0 bridgehead atoms. The fourth-order valence-corrected chi connectivity index (χ4v) is 5.30. The Morgan fingerprint density at radius 1 is 0.972 bits per heavy atom. The smallest absolute Gasteiger partial charge is 0.305 e. The zero-order chi connectivity index (χ0) is 26.2. The van der Waals surface area contributed by atoms with Crippen LogP contribution in [-0.2, 0) is 27.8 Å². The summed E-state index contributed by atoms with van der Waals surface area (Å²) in [5.74, 6) is 9.17. The first-order chi connectivity index (χ1) is 17.1. The quantitative estimate of drug-likeness (QED) is 0.182. The summed E-state index contributed by atoms with van der Waals surface area (Å²) in [6.45, 7) is 13.5. The number of hydrogen-bond acceptors (Lipinski definition) is 4. The van der Waals surface area contributed by atoms with Gasteiger partial charge in [0.1, 0.15) is 17.1 Å². The lowest BCUT2D eigenvalue weighted by Crippen LogP contribution is -2.41. The number of hydrogen-bond donors (Lipinski definition) is 0. The van der Waals surface area contributed by atoms with E-state index in [1.54, 1.807) is 0 Å². The Morgan fingerprint density at radius 2 is 1.75 bits per heavy atom. The zero-order valence-electron chi connectivity index (χ0n) is 23.2. The molecule has 0 aliphatic carbocycles. The van der Waals surface area contributed by atoms with Crippen molar-refractivity contribution in [3.05, 3.63) is 52.5 Å². The predicted octanol–water partition coefficient (Wildman–Crippen LogP) is 7.92. The molecule has 0 unspecified atom stereocenters. The fourth-order valence-electron chi connectivity index (χ4n) is 5.30. The summed E-state index contributed by atoms with van der Waals surface area (Å²) < 4.78 is 17.4. The third-order valence-electron chi connectivity index (χ3n) is 6.83. The molecule has 0 saturated heterocycles. The van der Waals surface area contributed by atoms with Crippen LogP contribution in [0.5, 0.6) is 5.75 Å². The van der Waals surface area contributed by atoms with Crippen LogP contribution in [0, 0.1) is 11.8 Å². The number of esters is 1. The maximum Gasteiger partial charge on any atom is 0.305 e. The van der Waals surface area contributed by atoms with Crippen molar-refractivity contribution >= 4 is 5.97 Å². The fraction of sp³-hybridized carbons (Fsp3) is 0.594. The van der Waals surface area contributed by atoms with Gasteiger partial charge in [0, 0.05) is 24.0 Å². The van der Waals surface area contributed by atoms with Gasteiger partial charge in [-0.1, -0.05) is 46.0 Å². The van der Waals surface area contributed by atoms with Crippen molar-refractivity contribution in [1.82, 2.24) is 0 Å². The molecule has 0 N–H and O–H groups in total. The molecular formula is C32H44O4. The Labute approximate surface area is 218 Å². The lowest BCUT2D eigenvalue weighted by molar-refractivity contribution is -0.143. The van der Waals surface area contributed by atoms with Gasteiger partial charge in [-0.3, -0.25) is 4.79 Å². The van der Waals surface area contributed by atoms with Crippen LogP contribution >= 0.6 is 0 Å². The molecule has 0 amide bonds. The molecule has 2 heterocycles. The van der Waals surface area contributed by atoms with Crippen LogP contribution in [-0.4, -0.2) is 18.2 Å². The van der Waals surface area contributed by atoms with E-state index >= 15 is 0 Å². The Morgan fingerprint density at radius 3 is 2.50 bits per heavy atom. The van der Waals surface area contributed by atoms with Crippen LogP contribution < -0.4 is 4.74 Å². The highest BCUT2D eigenvalue weighted by Gasteiger charge is 2.39. The highest BCUT2D eigenvalue weighted by Crippen LogP contribution is 2.45. The first-order valence-electron chi connectivity index (χ1n) is 13.8. The van der Waals surface area contributed by atoms with Crippen molar-refractivity contribution in [2.45, 2.75) is 117 Å². The van der Waals surface area contributed by atoms with Gasteiger partial charge in [0.05, 0.1) is 6.61 Å². The van der Waals surface area contributed by atoms with Crippen LogP contribution in [0.1, 0.15) is 121 Å². The highest BCUT2D eigenvalue weighted by atomic mass is 16.5. The first-order valence-corrected chi connectivity index (χ1v) is 13.8. The van der Waals surface area contributed by atoms with Gasteiger partial charge in [0.15, 0.2) is 5.76 Å². The summed E-state index contributed by atoms with van der Waals surface area (Å²) in [4.78, 5) is 11.5. The Balaban J connectivity index is 1.76. The second-order valence-electron chi connectivity index (χ2n) is 11.3. The molecule has 0 atom stereocenters. The van der Waals surface area contributed by atoms with Gasteiger partial charge in [-0.25, -0.2) is 0 Å². The molecule has 4 nitrogen and oxygen atoms in total. The average Bonchev–Trinajstić information content (AvgIpc) is 3.25. The molecule has 196 valence electrons. The van der Waals surface area contributed by atoms with E-state index in [2.05, 4.69) is 58.6 Å². The molecule has 4 heteroatoms. The molecule has 3 rings (SSSR count). The number of rotatable bonds is 11. The Bertz CT molecular complexity index is 1080. The molecule has 1 aromatic carbocycles. The lowest BCUT2D eigenvalue weighted by atomic mass is 9.73. The molecule has 0 fully saturated rings. The van der Waals surface area contributed by atoms with E-state index in [9.17, 15) is 4.79 Å². The second-order valence-corrected chi connectivity index (χ2v) is 11.3. The summed E-state index contributed by atoms with van der Waals surface area (Å²) >= 11 is 0. The third-order valence-corrected chi connectivity index (χ3v) is 6.83. The Hall–Kier alpha value is -2.67. The highest BCUT2D eigenvalue weighted by molar-refractivity contribution is 5.69. The number of carbonyl (C=O) groups is 1. The van der Waals surface area contributed by atoms with E-state index in [0.717, 1.165) is 55.6 Å². The number of ether oxygens (including phenoxy) is 2. The van der Waals surface area contributed by atoms with E-state index < -0.39 is 0 Å². The van der Waals surface area contributed by atoms with Gasteiger partial charge in [-0.15, -0.1) is 0 Å². The van der Waals surface area contributed by atoms with Crippen molar-refractivity contribution in [1.29, 1.82) is 0 Å². The van der Waals surface area contributed by atoms with Gasteiger partial charge in [0.2, 0.25) is 0 Å². The number of aryl methyl sites for hydroxylation is 2. The summed E-state index contributed by atoms with van der Waals surface area (Å²) in [5, 5.41) is 0. The molecule has 36 heavy (non-hydrogen) atoms. The molecule has 2 aromatic rings. The summed E-state index contributed by atoms with van der Waals surface area (Å²) in [5.41, 5.74) is 3.43. The van der Waals surface area contributed by atoms with Crippen LogP contribution in [0.25, 0.3) is 0 Å². The minimum atomic E-state index is -0.177. The maximum absolute atomic E-state index is 11.5. The van der Waals surface area contributed by atoms with Crippen molar-refractivity contribution in [3.63, 3.8) is 0 Å². The first kappa shape index (κ1) is 27.9. The summed E-state index contributed by atoms with van der Waals surface area (Å²) in [6, 6.07) is 8.44. The Kier molecular flexibility index (Phi) is 9.71. The van der Waals surface area contributed by atoms with Crippen molar-refractivity contribution in [3.8, 4) is 17.6 Å². The molecular weight excluding hydrogens is 448 g/mol. The van der Waals surface area contributed by atoms with Gasteiger partial charge >= 0.3 is 5.97 Å². The van der Waals surface area contributed by atoms with E-state index in [-0.39, 0.29) is 17.0 Å². The monoisotopic (exact) mass is 492 g/mol. The standard InChI is InChI=1S/C32H44O4/c1-7-9-10-11-14-24-22-29-28(31(3,4)23-32(5,6)36-29)21-25(24)17-18-27-20-19-26(35-27)15-12-13-16-30(33)34-8-2/h19-22H,7-16,23H2,1-6H3. The summed E-state index contributed by atoms with van der Waals surface area (Å²) in [7, 11) is 0. The molecule has 1 aliphatic heterocycles. The normalized spacial score (nSPS) is 15.4. The van der Waals surface area contributed by atoms with E-state index in [1.165, 1.54) is 30.4 Å². The van der Waals surface area contributed by atoms with Crippen molar-refractivity contribution < 1.29 is 18.7 Å². The van der Waals surface area contributed by atoms with Gasteiger partial charge in [-0.05, 0) is 94.0 Å². The van der Waals surface area contributed by atoms with Crippen LogP contribution in [0.2, 0.25) is 0 Å². The molecule has 0 radical (unpaired) electrons. The third kappa shape index (κ3) is 7.92. The molecule has 0 saturated carbocycles. The molecule has 0 spiro atoms. The van der Waals surface area contributed by atoms with E-state index in [0.29, 0.717) is 18.8 Å². The number of furan rings is 1. The number of fused-ring (bicyclic) bond motifs is 1. The molecule has 1 aliphatic rings. The summed E-state index contributed by atoms with van der Waals surface area (Å²) in [6.07, 6.45) is 9.79. The zero-order valence-corrected chi connectivity index (χ0v) is 23.2. The minimum absolute atomic E-state index is 0.0235. The number of carbonyl (C=O) groups excluding carboxylic acids is 1. The van der Waals surface area contributed by atoms with Crippen LogP contribution in [0.4, 0.5) is 0 Å². The second kappa shape index (κ2) is 12.5. The van der Waals surface area contributed by atoms with Gasteiger partial charge in [-0.2, -0.15) is 0 Å². The molecule has 1 aromatic heterocycles. The predicted molar refractivity (Wildman–Crippen MR) is 146 cm³/mol. The van der Waals surface area contributed by atoms with Crippen LogP contribution in [0.15, 0.2) is 28.7 Å². The topological polar surface area (TPSA) is 48.7 Å². The SMILES string of the molecule is CCCCCCc1cc2c(cc1C#Cc1ccc(CCCCC(=O)OCC)o1)C(C)(C)CC(C)(C)O2. The van der Waals surface area contributed by atoms with Gasteiger partial charge in [0.25, 0.3) is 0 Å². The number of benzene rings is 1. The average molecular weight is 493 g/mol. The largest absolute Gasteiger partial charge is 0.488 e.